The highest BCUT2D eigenvalue weighted by molar-refractivity contribution is 5.92. The van der Waals surface area contributed by atoms with E-state index in [1.807, 2.05) is 66.9 Å². The van der Waals surface area contributed by atoms with E-state index in [9.17, 15) is 4.79 Å². The molecule has 0 atom stereocenters. The number of hydrogen-bond acceptors (Lipinski definition) is 4. The molecule has 6 heteroatoms. The number of aromatic nitrogens is 4. The Hall–Kier alpha value is -4.06. The molecule has 4 aromatic rings. The molecule has 0 saturated heterocycles. The number of para-hydroxylation sites is 1. The molecule has 0 aliphatic rings. The molecule has 1 N–H and O–H groups in total. The molecule has 4 rings (SSSR count). The van der Waals surface area contributed by atoms with Gasteiger partial charge in [0.2, 0.25) is 5.91 Å². The molecule has 6 nitrogen and oxygen atoms in total. The predicted octanol–water partition coefficient (Wildman–Crippen LogP) is 3.70. The Balaban J connectivity index is 1.50. The van der Waals surface area contributed by atoms with Crippen LogP contribution in [0.15, 0.2) is 91.5 Å². The van der Waals surface area contributed by atoms with Crippen LogP contribution in [0.2, 0.25) is 0 Å². The summed E-state index contributed by atoms with van der Waals surface area (Å²) < 4.78 is 1.81. The fourth-order valence-electron chi connectivity index (χ4n) is 3.03. The van der Waals surface area contributed by atoms with Gasteiger partial charge in [-0.2, -0.15) is 5.10 Å². The van der Waals surface area contributed by atoms with Crippen molar-refractivity contribution in [1.82, 2.24) is 25.1 Å². The third kappa shape index (κ3) is 4.86. The lowest BCUT2D eigenvalue weighted by atomic mass is 10.1. The van der Waals surface area contributed by atoms with Crippen LogP contribution in [0.5, 0.6) is 0 Å². The highest BCUT2D eigenvalue weighted by Crippen LogP contribution is 2.24. The Morgan fingerprint density at radius 1 is 1.00 bits per heavy atom. The van der Waals surface area contributed by atoms with E-state index in [1.165, 1.54) is 6.08 Å². The first-order valence-corrected chi connectivity index (χ1v) is 9.71. The monoisotopic (exact) mass is 395 g/mol. The number of rotatable bonds is 7. The van der Waals surface area contributed by atoms with Crippen LogP contribution in [0, 0.1) is 0 Å². The van der Waals surface area contributed by atoms with E-state index < -0.39 is 0 Å². The normalized spacial score (nSPS) is 10.9. The summed E-state index contributed by atoms with van der Waals surface area (Å²) in [6, 6.07) is 19.4. The van der Waals surface area contributed by atoms with E-state index in [2.05, 4.69) is 15.3 Å². The summed E-state index contributed by atoms with van der Waals surface area (Å²) in [5, 5.41) is 7.61. The smallest absolute Gasteiger partial charge is 0.244 e. The number of pyridine rings is 2. The van der Waals surface area contributed by atoms with Gasteiger partial charge in [-0.15, -0.1) is 0 Å². The summed E-state index contributed by atoms with van der Waals surface area (Å²) in [7, 11) is 0. The SMILES string of the molecule is O=C(/C=C/c1cn(-c2ccccc2)nc1-c1cccnc1)NCCc1ccccn1. The lowest BCUT2D eigenvalue weighted by Gasteiger charge is -2.01. The Morgan fingerprint density at radius 2 is 1.87 bits per heavy atom. The van der Waals surface area contributed by atoms with Gasteiger partial charge in [-0.25, -0.2) is 4.68 Å². The minimum Gasteiger partial charge on any atom is -0.352 e. The molecule has 0 saturated carbocycles. The van der Waals surface area contributed by atoms with Crippen molar-refractivity contribution >= 4 is 12.0 Å². The van der Waals surface area contributed by atoms with Gasteiger partial charge in [0.15, 0.2) is 0 Å². The van der Waals surface area contributed by atoms with Gasteiger partial charge in [-0.1, -0.05) is 24.3 Å². The van der Waals surface area contributed by atoms with Crippen LogP contribution in [0.4, 0.5) is 0 Å². The number of benzene rings is 1. The van der Waals surface area contributed by atoms with Gasteiger partial charge in [-0.3, -0.25) is 14.8 Å². The lowest BCUT2D eigenvalue weighted by molar-refractivity contribution is -0.116. The van der Waals surface area contributed by atoms with Gasteiger partial charge < -0.3 is 5.32 Å². The average Bonchev–Trinajstić information content (AvgIpc) is 3.24. The summed E-state index contributed by atoms with van der Waals surface area (Å²) in [5.74, 6) is -0.157. The van der Waals surface area contributed by atoms with Crippen LogP contribution in [0.1, 0.15) is 11.3 Å². The molecule has 1 aromatic carbocycles. The van der Waals surface area contributed by atoms with Gasteiger partial charge >= 0.3 is 0 Å². The molecule has 30 heavy (non-hydrogen) atoms. The van der Waals surface area contributed by atoms with Crippen molar-refractivity contribution in [2.24, 2.45) is 0 Å². The largest absolute Gasteiger partial charge is 0.352 e. The minimum absolute atomic E-state index is 0.157. The van der Waals surface area contributed by atoms with Crippen molar-refractivity contribution in [3.63, 3.8) is 0 Å². The van der Waals surface area contributed by atoms with Crippen molar-refractivity contribution in [2.75, 3.05) is 6.54 Å². The molecular weight excluding hydrogens is 374 g/mol. The second kappa shape index (κ2) is 9.43. The molecule has 0 spiro atoms. The van der Waals surface area contributed by atoms with Crippen molar-refractivity contribution in [3.8, 4) is 16.9 Å². The highest BCUT2D eigenvalue weighted by atomic mass is 16.1. The molecule has 148 valence electrons. The van der Waals surface area contributed by atoms with E-state index in [0.29, 0.717) is 13.0 Å². The van der Waals surface area contributed by atoms with Gasteiger partial charge in [0.05, 0.1) is 5.69 Å². The summed E-state index contributed by atoms with van der Waals surface area (Å²) in [4.78, 5) is 20.7. The molecule has 0 aliphatic carbocycles. The first-order valence-electron chi connectivity index (χ1n) is 9.71. The molecule has 0 radical (unpaired) electrons. The number of amides is 1. The minimum atomic E-state index is -0.157. The highest BCUT2D eigenvalue weighted by Gasteiger charge is 2.11. The third-order valence-corrected chi connectivity index (χ3v) is 4.52. The van der Waals surface area contributed by atoms with Crippen molar-refractivity contribution in [2.45, 2.75) is 6.42 Å². The fraction of sp³-hybridized carbons (Fsp3) is 0.0833. The summed E-state index contributed by atoms with van der Waals surface area (Å²) in [6.45, 7) is 0.527. The molecule has 1 amide bonds. The average molecular weight is 395 g/mol. The Kier molecular flexibility index (Phi) is 6.05. The van der Waals surface area contributed by atoms with Gasteiger partial charge in [0.1, 0.15) is 5.69 Å². The first kappa shape index (κ1) is 19.3. The van der Waals surface area contributed by atoms with Crippen molar-refractivity contribution < 1.29 is 4.79 Å². The summed E-state index contributed by atoms with van der Waals surface area (Å²) in [6.07, 6.45) is 11.2. The van der Waals surface area contributed by atoms with E-state index in [0.717, 1.165) is 28.2 Å². The standard InChI is InChI=1S/C24H21N5O/c30-23(27-16-13-21-8-4-5-15-26-21)12-11-20-18-29(22-9-2-1-3-10-22)28-24(20)19-7-6-14-25-17-19/h1-12,14-15,17-18H,13,16H2,(H,27,30)/b12-11+. The van der Waals surface area contributed by atoms with Crippen molar-refractivity contribution in [1.29, 1.82) is 0 Å². The maximum absolute atomic E-state index is 12.3. The summed E-state index contributed by atoms with van der Waals surface area (Å²) >= 11 is 0. The fourth-order valence-corrected chi connectivity index (χ4v) is 3.03. The molecule has 0 fully saturated rings. The van der Waals surface area contributed by atoms with Gasteiger partial charge in [0, 0.05) is 60.6 Å². The number of carbonyl (C=O) groups is 1. The number of nitrogens with zero attached hydrogens (tertiary/aromatic N) is 4. The van der Waals surface area contributed by atoms with Crippen LogP contribution in [0.3, 0.4) is 0 Å². The van der Waals surface area contributed by atoms with E-state index in [-0.39, 0.29) is 5.91 Å². The maximum Gasteiger partial charge on any atom is 0.244 e. The third-order valence-electron chi connectivity index (χ3n) is 4.52. The molecular formula is C24H21N5O. The quantitative estimate of drug-likeness (QED) is 0.484. The molecule has 0 aliphatic heterocycles. The Bertz CT molecular complexity index is 1120. The number of hydrogen-bond donors (Lipinski definition) is 1. The molecule has 0 unspecified atom stereocenters. The Morgan fingerprint density at radius 3 is 2.63 bits per heavy atom. The molecule has 3 heterocycles. The van der Waals surface area contributed by atoms with E-state index in [4.69, 9.17) is 5.10 Å². The number of nitrogens with one attached hydrogen (secondary N) is 1. The van der Waals surface area contributed by atoms with Crippen LogP contribution in [-0.2, 0) is 11.2 Å². The van der Waals surface area contributed by atoms with Crippen LogP contribution in [0.25, 0.3) is 23.0 Å². The first-order chi connectivity index (χ1) is 14.8. The summed E-state index contributed by atoms with van der Waals surface area (Å²) in [5.41, 5.74) is 4.39. The zero-order valence-electron chi connectivity index (χ0n) is 16.3. The van der Waals surface area contributed by atoms with E-state index in [1.54, 1.807) is 29.3 Å². The topological polar surface area (TPSA) is 72.7 Å². The van der Waals surface area contributed by atoms with Crippen LogP contribution in [-0.4, -0.2) is 32.2 Å². The number of carbonyl (C=O) groups excluding carboxylic acids is 1. The van der Waals surface area contributed by atoms with Crippen LogP contribution >= 0.6 is 0 Å². The zero-order valence-corrected chi connectivity index (χ0v) is 16.3. The van der Waals surface area contributed by atoms with E-state index >= 15 is 0 Å². The molecule has 3 aromatic heterocycles. The second-order valence-electron chi connectivity index (χ2n) is 6.65. The zero-order chi connectivity index (χ0) is 20.6. The maximum atomic E-state index is 12.3. The van der Waals surface area contributed by atoms with Crippen molar-refractivity contribution in [3.05, 3.63) is 103 Å². The predicted molar refractivity (Wildman–Crippen MR) is 117 cm³/mol. The second-order valence-corrected chi connectivity index (χ2v) is 6.65. The van der Waals surface area contributed by atoms with Crippen LogP contribution < -0.4 is 5.32 Å². The lowest BCUT2D eigenvalue weighted by Crippen LogP contribution is -2.23. The van der Waals surface area contributed by atoms with Gasteiger partial charge in [0.25, 0.3) is 0 Å². The van der Waals surface area contributed by atoms with Gasteiger partial charge in [-0.05, 0) is 42.5 Å². The molecule has 0 bridgehead atoms. The Labute approximate surface area is 174 Å².